The Kier molecular flexibility index (Phi) is 6.63. The van der Waals surface area contributed by atoms with Crippen molar-refractivity contribution in [3.05, 3.63) is 94.8 Å². The first kappa shape index (κ1) is 23.0. The van der Waals surface area contributed by atoms with Gasteiger partial charge in [-0.2, -0.15) is 0 Å². The number of rotatable bonds is 8. The maximum Gasteiger partial charge on any atom is 0.339 e. The minimum Gasteiger partial charge on any atom is -0.486 e. The number of ketones is 2. The number of benzene rings is 2. The molecule has 0 radical (unpaired) electrons. The smallest absolute Gasteiger partial charge is 0.339 e. The van der Waals surface area contributed by atoms with Crippen molar-refractivity contribution < 1.29 is 28.6 Å². The minimum atomic E-state index is -0.741. The van der Waals surface area contributed by atoms with Gasteiger partial charge >= 0.3 is 5.97 Å². The van der Waals surface area contributed by atoms with E-state index >= 15 is 0 Å². The second-order valence-corrected chi connectivity index (χ2v) is 7.92. The van der Waals surface area contributed by atoms with E-state index in [1.165, 1.54) is 6.07 Å². The van der Waals surface area contributed by atoms with E-state index in [9.17, 15) is 14.4 Å². The van der Waals surface area contributed by atoms with E-state index in [1.807, 2.05) is 18.4 Å². The normalized spacial score (nSPS) is 12.2. The van der Waals surface area contributed by atoms with Crippen molar-refractivity contribution >= 4 is 17.5 Å². The van der Waals surface area contributed by atoms with E-state index < -0.39 is 12.6 Å². The number of allylic oxidation sites excluding steroid dienone is 1. The summed E-state index contributed by atoms with van der Waals surface area (Å²) in [5.41, 5.74) is 2.83. The highest BCUT2D eigenvalue weighted by Gasteiger charge is 2.23. The monoisotopic (exact) mass is 459 g/mol. The third kappa shape index (κ3) is 4.50. The zero-order valence-corrected chi connectivity index (χ0v) is 19.1. The summed E-state index contributed by atoms with van der Waals surface area (Å²) in [7, 11) is 0. The number of nitrogens with zero attached hydrogens (tertiary/aromatic N) is 1. The van der Waals surface area contributed by atoms with Crippen LogP contribution in [0.1, 0.15) is 48.0 Å². The second-order valence-electron chi connectivity index (χ2n) is 7.92. The quantitative estimate of drug-likeness (QED) is 0.283. The summed E-state index contributed by atoms with van der Waals surface area (Å²) in [5, 5.41) is 0. The Morgan fingerprint density at radius 2 is 1.68 bits per heavy atom. The summed E-state index contributed by atoms with van der Waals surface area (Å²) in [6, 6.07) is 13.0. The maximum absolute atomic E-state index is 13.2. The molecule has 1 aliphatic rings. The first-order chi connectivity index (χ1) is 16.4. The third-order valence-corrected chi connectivity index (χ3v) is 5.72. The minimum absolute atomic E-state index is 0.0901. The Labute approximate surface area is 197 Å². The Morgan fingerprint density at radius 1 is 0.971 bits per heavy atom. The van der Waals surface area contributed by atoms with Crippen molar-refractivity contribution in [1.29, 1.82) is 0 Å². The molecule has 0 saturated heterocycles. The number of aryl methyl sites for hydroxylation is 1. The summed E-state index contributed by atoms with van der Waals surface area (Å²) < 4.78 is 18.3. The van der Waals surface area contributed by atoms with Crippen LogP contribution in [0.15, 0.2) is 61.2 Å². The fourth-order valence-corrected chi connectivity index (χ4v) is 3.98. The molecule has 1 aromatic heterocycles. The summed E-state index contributed by atoms with van der Waals surface area (Å²) >= 11 is 0. The first-order valence-corrected chi connectivity index (χ1v) is 10.9. The number of Topliss-reactive ketones (excluding diaryl/α,β-unsaturated/α-hetero) is 1. The largest absolute Gasteiger partial charge is 0.486 e. The van der Waals surface area contributed by atoms with Gasteiger partial charge < -0.3 is 18.8 Å². The van der Waals surface area contributed by atoms with Gasteiger partial charge in [0.05, 0.1) is 5.56 Å². The number of ether oxygens (including phenoxy) is 3. The highest BCUT2D eigenvalue weighted by atomic mass is 16.6. The first-order valence-electron chi connectivity index (χ1n) is 10.9. The van der Waals surface area contributed by atoms with Crippen molar-refractivity contribution in [2.45, 2.75) is 20.4 Å². The van der Waals surface area contributed by atoms with Crippen LogP contribution >= 0.6 is 0 Å². The molecular weight excluding hydrogens is 434 g/mol. The molecule has 0 amide bonds. The average molecular weight is 459 g/mol. The Balaban J connectivity index is 1.51. The van der Waals surface area contributed by atoms with Gasteiger partial charge in [-0.25, -0.2) is 4.79 Å². The van der Waals surface area contributed by atoms with Crippen molar-refractivity contribution in [3.8, 4) is 11.5 Å². The van der Waals surface area contributed by atoms with Crippen molar-refractivity contribution in [3.63, 3.8) is 0 Å². The van der Waals surface area contributed by atoms with Crippen LogP contribution in [0.5, 0.6) is 11.5 Å². The number of esters is 1. The number of hydrogen-bond acceptors (Lipinski definition) is 6. The highest BCUT2D eigenvalue weighted by molar-refractivity contribution is 6.15. The van der Waals surface area contributed by atoms with Crippen LogP contribution < -0.4 is 9.47 Å². The topological polar surface area (TPSA) is 83.8 Å². The van der Waals surface area contributed by atoms with Crippen molar-refractivity contribution in [1.82, 2.24) is 4.57 Å². The molecule has 7 nitrogen and oxygen atoms in total. The van der Waals surface area contributed by atoms with Crippen LogP contribution in [0, 0.1) is 13.8 Å². The van der Waals surface area contributed by atoms with Crippen LogP contribution in [0.2, 0.25) is 0 Å². The van der Waals surface area contributed by atoms with E-state index in [-0.39, 0.29) is 22.7 Å². The number of aromatic nitrogens is 1. The molecular formula is C27H25NO6. The Morgan fingerprint density at radius 3 is 2.41 bits per heavy atom. The number of carbonyl (C=O) groups is 3. The third-order valence-electron chi connectivity index (χ3n) is 5.72. The zero-order valence-electron chi connectivity index (χ0n) is 19.1. The van der Waals surface area contributed by atoms with Gasteiger partial charge in [0.15, 0.2) is 23.9 Å². The molecule has 0 unspecified atom stereocenters. The van der Waals surface area contributed by atoms with E-state index in [1.54, 1.807) is 48.5 Å². The standard InChI is InChI=1S/C27H25NO6/c1-4-11-28-17(2)14-22(18(28)3)23(29)16-34-27(31)21-8-6-5-7-20(21)26(30)19-9-10-24-25(15-19)33-13-12-32-24/h4-10,14-15H,1,11-13,16H2,2-3H3. The maximum atomic E-state index is 13.2. The zero-order chi connectivity index (χ0) is 24.2. The lowest BCUT2D eigenvalue weighted by molar-refractivity contribution is 0.0472. The molecule has 0 saturated carbocycles. The number of fused-ring (bicyclic) bond motifs is 1. The highest BCUT2D eigenvalue weighted by Crippen LogP contribution is 2.31. The van der Waals surface area contributed by atoms with Crippen LogP contribution in [-0.4, -0.2) is 41.9 Å². The Hall–Kier alpha value is -4.13. The van der Waals surface area contributed by atoms with Gasteiger partial charge in [0, 0.05) is 34.6 Å². The number of carbonyl (C=O) groups excluding carboxylic acids is 3. The molecule has 0 N–H and O–H groups in total. The second kappa shape index (κ2) is 9.79. The van der Waals surface area contributed by atoms with E-state index in [0.717, 1.165) is 11.4 Å². The molecule has 3 aromatic rings. The predicted octanol–water partition coefficient (Wildman–Crippen LogP) is 4.33. The lowest BCUT2D eigenvalue weighted by Gasteiger charge is -2.18. The fraction of sp³-hybridized carbons (Fsp3) is 0.222. The van der Waals surface area contributed by atoms with Crippen LogP contribution in [0.25, 0.3) is 0 Å². The molecule has 2 heterocycles. The molecule has 0 fully saturated rings. The molecule has 0 spiro atoms. The average Bonchev–Trinajstić information content (AvgIpc) is 3.15. The van der Waals surface area contributed by atoms with Gasteiger partial charge in [0.25, 0.3) is 0 Å². The van der Waals surface area contributed by atoms with E-state index in [0.29, 0.717) is 42.4 Å². The van der Waals surface area contributed by atoms with Gasteiger partial charge in [0.2, 0.25) is 5.78 Å². The Bertz CT molecular complexity index is 1290. The summed E-state index contributed by atoms with van der Waals surface area (Å²) in [4.78, 5) is 38.8. The molecule has 2 aromatic carbocycles. The van der Waals surface area contributed by atoms with Gasteiger partial charge in [-0.05, 0) is 44.2 Å². The summed E-state index contributed by atoms with van der Waals surface area (Å²) in [6.45, 7) is 8.48. The predicted molar refractivity (Wildman–Crippen MR) is 126 cm³/mol. The molecule has 1 aliphatic heterocycles. The SMILES string of the molecule is C=CCn1c(C)cc(C(=O)COC(=O)c2ccccc2C(=O)c2ccc3c(c2)OCCO3)c1C. The van der Waals surface area contributed by atoms with Gasteiger partial charge in [-0.1, -0.05) is 24.3 Å². The molecule has 34 heavy (non-hydrogen) atoms. The fourth-order valence-electron chi connectivity index (χ4n) is 3.98. The summed E-state index contributed by atoms with van der Waals surface area (Å²) in [5.74, 6) is -0.357. The molecule has 0 atom stereocenters. The molecule has 174 valence electrons. The van der Waals surface area contributed by atoms with Crippen molar-refractivity contribution in [2.75, 3.05) is 19.8 Å². The molecule has 7 heteroatoms. The lowest BCUT2D eigenvalue weighted by Crippen LogP contribution is -2.18. The number of hydrogen-bond donors (Lipinski definition) is 0. The molecule has 0 bridgehead atoms. The lowest BCUT2D eigenvalue weighted by atomic mass is 9.98. The van der Waals surface area contributed by atoms with Crippen LogP contribution in [0.4, 0.5) is 0 Å². The summed E-state index contributed by atoms with van der Waals surface area (Å²) in [6.07, 6.45) is 1.75. The van der Waals surface area contributed by atoms with Crippen LogP contribution in [-0.2, 0) is 11.3 Å². The van der Waals surface area contributed by atoms with Gasteiger partial charge in [-0.3, -0.25) is 9.59 Å². The molecule has 0 aliphatic carbocycles. The van der Waals surface area contributed by atoms with Crippen molar-refractivity contribution in [2.24, 2.45) is 0 Å². The van der Waals surface area contributed by atoms with E-state index in [4.69, 9.17) is 14.2 Å². The van der Waals surface area contributed by atoms with E-state index in [2.05, 4.69) is 6.58 Å². The molecule has 4 rings (SSSR count). The van der Waals surface area contributed by atoms with Gasteiger partial charge in [-0.15, -0.1) is 6.58 Å². The van der Waals surface area contributed by atoms with Gasteiger partial charge in [0.1, 0.15) is 13.2 Å². The van der Waals surface area contributed by atoms with Crippen LogP contribution in [0.3, 0.4) is 0 Å².